The van der Waals surface area contributed by atoms with E-state index in [4.69, 9.17) is 17.3 Å². The van der Waals surface area contributed by atoms with Gasteiger partial charge in [0.15, 0.2) is 0 Å². The molecule has 18 heavy (non-hydrogen) atoms. The summed E-state index contributed by atoms with van der Waals surface area (Å²) in [6.07, 6.45) is 7.45. The van der Waals surface area contributed by atoms with Crippen molar-refractivity contribution in [3.63, 3.8) is 0 Å². The van der Waals surface area contributed by atoms with Crippen LogP contribution in [-0.4, -0.2) is 15.8 Å². The van der Waals surface area contributed by atoms with Crippen molar-refractivity contribution in [1.82, 2.24) is 9.78 Å². The molecule has 1 atom stereocenters. The summed E-state index contributed by atoms with van der Waals surface area (Å²) in [6, 6.07) is 0.215. The van der Waals surface area contributed by atoms with Crippen molar-refractivity contribution in [2.45, 2.75) is 65.0 Å². The number of rotatable bonds is 5. The Balaban J connectivity index is 1.99. The van der Waals surface area contributed by atoms with Gasteiger partial charge in [-0.15, -0.1) is 0 Å². The quantitative estimate of drug-likeness (QED) is 0.891. The predicted molar refractivity (Wildman–Crippen MR) is 75.9 cm³/mol. The number of nitrogens with zero attached hydrogens (tertiary/aromatic N) is 2. The van der Waals surface area contributed by atoms with Gasteiger partial charge in [-0.25, -0.2) is 0 Å². The standard InChI is InChI=1S/C14H24ClN3/c1-3-18-13(14(15)10(2)17-18)9-12(16)8-11-6-4-5-7-11/h11-12H,3-9,16H2,1-2H3. The summed E-state index contributed by atoms with van der Waals surface area (Å²) in [4.78, 5) is 0. The topological polar surface area (TPSA) is 43.8 Å². The Hall–Kier alpha value is -0.540. The zero-order chi connectivity index (χ0) is 13.1. The Morgan fingerprint density at radius 3 is 2.72 bits per heavy atom. The molecule has 1 aromatic heterocycles. The van der Waals surface area contributed by atoms with Crippen LogP contribution in [0.4, 0.5) is 0 Å². The zero-order valence-corrected chi connectivity index (χ0v) is 12.2. The molecule has 1 heterocycles. The van der Waals surface area contributed by atoms with E-state index in [1.54, 1.807) is 0 Å². The Bertz CT molecular complexity index is 394. The smallest absolute Gasteiger partial charge is 0.0847 e. The van der Waals surface area contributed by atoms with Gasteiger partial charge in [0.25, 0.3) is 0 Å². The third kappa shape index (κ3) is 3.07. The van der Waals surface area contributed by atoms with Crippen LogP contribution in [0, 0.1) is 12.8 Å². The van der Waals surface area contributed by atoms with Crippen LogP contribution in [-0.2, 0) is 13.0 Å². The third-order valence-corrected chi connectivity index (χ3v) is 4.51. The Labute approximate surface area is 115 Å². The van der Waals surface area contributed by atoms with E-state index in [0.29, 0.717) is 0 Å². The van der Waals surface area contributed by atoms with Crippen LogP contribution >= 0.6 is 11.6 Å². The minimum atomic E-state index is 0.215. The highest BCUT2D eigenvalue weighted by Gasteiger charge is 2.21. The normalized spacial score (nSPS) is 18.4. The largest absolute Gasteiger partial charge is 0.327 e. The third-order valence-electron chi connectivity index (χ3n) is 4.02. The first-order valence-corrected chi connectivity index (χ1v) is 7.47. The first-order chi connectivity index (χ1) is 8.61. The van der Waals surface area contributed by atoms with E-state index in [0.717, 1.165) is 41.7 Å². The summed E-state index contributed by atoms with van der Waals surface area (Å²) in [5.41, 5.74) is 8.32. The maximum Gasteiger partial charge on any atom is 0.0847 e. The molecule has 1 aromatic rings. The second-order valence-electron chi connectivity index (χ2n) is 5.51. The van der Waals surface area contributed by atoms with Crippen molar-refractivity contribution in [2.75, 3.05) is 0 Å². The fraction of sp³-hybridized carbons (Fsp3) is 0.786. The van der Waals surface area contributed by atoms with Crippen LogP contribution in [0.25, 0.3) is 0 Å². The number of hydrogen-bond acceptors (Lipinski definition) is 2. The molecule has 0 saturated heterocycles. The fourth-order valence-electron chi connectivity index (χ4n) is 3.07. The van der Waals surface area contributed by atoms with Crippen molar-refractivity contribution in [3.05, 3.63) is 16.4 Å². The molecular formula is C14H24ClN3. The Morgan fingerprint density at radius 2 is 2.11 bits per heavy atom. The lowest BCUT2D eigenvalue weighted by molar-refractivity contribution is 0.433. The van der Waals surface area contributed by atoms with Crippen molar-refractivity contribution in [3.8, 4) is 0 Å². The van der Waals surface area contributed by atoms with Crippen LogP contribution in [0.2, 0.25) is 5.02 Å². The molecule has 1 fully saturated rings. The first kappa shape index (κ1) is 13.9. The lowest BCUT2D eigenvalue weighted by Crippen LogP contribution is -2.27. The molecule has 2 N–H and O–H groups in total. The number of hydrogen-bond donors (Lipinski definition) is 1. The van der Waals surface area contributed by atoms with E-state index in [1.165, 1.54) is 25.7 Å². The highest BCUT2D eigenvalue weighted by atomic mass is 35.5. The molecular weight excluding hydrogens is 246 g/mol. The van der Waals surface area contributed by atoms with E-state index in [2.05, 4.69) is 12.0 Å². The van der Waals surface area contributed by atoms with Crippen LogP contribution < -0.4 is 5.73 Å². The molecule has 1 aliphatic rings. The number of halogens is 1. The van der Waals surface area contributed by atoms with Gasteiger partial charge in [-0.05, 0) is 26.2 Å². The molecule has 0 amide bonds. The van der Waals surface area contributed by atoms with Crippen molar-refractivity contribution in [1.29, 1.82) is 0 Å². The summed E-state index contributed by atoms with van der Waals surface area (Å²) in [5.74, 6) is 0.831. The molecule has 1 aliphatic carbocycles. The van der Waals surface area contributed by atoms with Crippen LogP contribution in [0.15, 0.2) is 0 Å². The average molecular weight is 270 g/mol. The molecule has 4 heteroatoms. The maximum absolute atomic E-state index is 6.31. The molecule has 3 nitrogen and oxygen atoms in total. The molecule has 0 aromatic carbocycles. The van der Waals surface area contributed by atoms with Crippen LogP contribution in [0.3, 0.4) is 0 Å². The maximum atomic E-state index is 6.31. The summed E-state index contributed by atoms with van der Waals surface area (Å²) in [7, 11) is 0. The second-order valence-corrected chi connectivity index (χ2v) is 5.89. The molecule has 0 aliphatic heterocycles. The van der Waals surface area contributed by atoms with Crippen molar-refractivity contribution >= 4 is 11.6 Å². The average Bonchev–Trinajstić information content (AvgIpc) is 2.92. The van der Waals surface area contributed by atoms with Gasteiger partial charge >= 0.3 is 0 Å². The van der Waals surface area contributed by atoms with Crippen molar-refractivity contribution in [2.24, 2.45) is 11.7 Å². The highest BCUT2D eigenvalue weighted by molar-refractivity contribution is 6.31. The van der Waals surface area contributed by atoms with Gasteiger partial charge in [-0.3, -0.25) is 4.68 Å². The van der Waals surface area contributed by atoms with Gasteiger partial charge in [0, 0.05) is 19.0 Å². The SMILES string of the molecule is CCn1nc(C)c(Cl)c1CC(N)CC1CCCC1. The van der Waals surface area contributed by atoms with E-state index >= 15 is 0 Å². The van der Waals surface area contributed by atoms with E-state index in [1.807, 2.05) is 11.6 Å². The Morgan fingerprint density at radius 1 is 1.44 bits per heavy atom. The van der Waals surface area contributed by atoms with E-state index in [-0.39, 0.29) is 6.04 Å². The Kier molecular flexibility index (Phi) is 4.68. The van der Waals surface area contributed by atoms with E-state index < -0.39 is 0 Å². The van der Waals surface area contributed by atoms with Gasteiger partial charge in [0.2, 0.25) is 0 Å². The molecule has 0 spiro atoms. The monoisotopic (exact) mass is 269 g/mol. The lowest BCUT2D eigenvalue weighted by atomic mass is 9.96. The number of aromatic nitrogens is 2. The summed E-state index contributed by atoms with van der Waals surface area (Å²) >= 11 is 6.31. The highest BCUT2D eigenvalue weighted by Crippen LogP contribution is 2.29. The molecule has 1 unspecified atom stereocenters. The first-order valence-electron chi connectivity index (χ1n) is 7.09. The van der Waals surface area contributed by atoms with Gasteiger partial charge in [0.1, 0.15) is 0 Å². The van der Waals surface area contributed by atoms with Crippen molar-refractivity contribution < 1.29 is 0 Å². The molecule has 0 radical (unpaired) electrons. The van der Waals surface area contributed by atoms with Gasteiger partial charge < -0.3 is 5.73 Å². The zero-order valence-electron chi connectivity index (χ0n) is 11.5. The number of aryl methyl sites for hydroxylation is 2. The number of nitrogens with two attached hydrogens (primary N) is 1. The van der Waals surface area contributed by atoms with Gasteiger partial charge in [-0.2, -0.15) is 5.10 Å². The molecule has 2 rings (SSSR count). The predicted octanol–water partition coefficient (Wildman–Crippen LogP) is 3.31. The minimum absolute atomic E-state index is 0.215. The van der Waals surface area contributed by atoms with Crippen LogP contribution in [0.1, 0.15) is 50.4 Å². The molecule has 102 valence electrons. The van der Waals surface area contributed by atoms with E-state index in [9.17, 15) is 0 Å². The second kappa shape index (κ2) is 6.07. The summed E-state index contributed by atoms with van der Waals surface area (Å²) in [5, 5.41) is 5.25. The van der Waals surface area contributed by atoms with Gasteiger partial charge in [0.05, 0.1) is 16.4 Å². The summed E-state index contributed by atoms with van der Waals surface area (Å²) in [6.45, 7) is 4.91. The molecule has 1 saturated carbocycles. The lowest BCUT2D eigenvalue weighted by Gasteiger charge is -2.17. The van der Waals surface area contributed by atoms with Gasteiger partial charge in [-0.1, -0.05) is 37.3 Å². The minimum Gasteiger partial charge on any atom is -0.327 e. The molecule has 0 bridgehead atoms. The summed E-state index contributed by atoms with van der Waals surface area (Å²) < 4.78 is 1.99. The van der Waals surface area contributed by atoms with Crippen LogP contribution in [0.5, 0.6) is 0 Å². The fourth-order valence-corrected chi connectivity index (χ4v) is 3.28.